The average molecular weight is 406 g/mol. The molecule has 1 fully saturated rings. The standard InChI is InChI=1S/C21H21F3N2O3/c22-16-3-5-17(23)14(11-16)2-6-21(28)25-19(13-27)15-1-4-18(24)20(12-15)26-7-9-29-10-8-26/h1-6,11-12,19,27H,7-10,13H2,(H,25,28)/b6-2+/t19-/m0/s1. The molecule has 2 aromatic carbocycles. The smallest absolute Gasteiger partial charge is 0.244 e. The first-order valence-electron chi connectivity index (χ1n) is 9.14. The van der Waals surface area contributed by atoms with Gasteiger partial charge in [-0.25, -0.2) is 13.2 Å². The van der Waals surface area contributed by atoms with Crippen LogP contribution in [0.4, 0.5) is 18.9 Å². The minimum atomic E-state index is -0.787. The van der Waals surface area contributed by atoms with E-state index < -0.39 is 36.0 Å². The Morgan fingerprint density at radius 2 is 1.86 bits per heavy atom. The molecule has 1 aliphatic rings. The molecule has 0 spiro atoms. The number of aliphatic hydroxyl groups excluding tert-OH is 1. The zero-order valence-corrected chi connectivity index (χ0v) is 15.6. The van der Waals surface area contributed by atoms with E-state index in [-0.39, 0.29) is 5.56 Å². The molecular weight excluding hydrogens is 385 g/mol. The van der Waals surface area contributed by atoms with Crippen molar-refractivity contribution in [3.8, 4) is 0 Å². The Morgan fingerprint density at radius 3 is 2.59 bits per heavy atom. The van der Waals surface area contributed by atoms with Gasteiger partial charge in [-0.05, 0) is 42.0 Å². The van der Waals surface area contributed by atoms with Crippen LogP contribution in [0.25, 0.3) is 6.08 Å². The van der Waals surface area contributed by atoms with Gasteiger partial charge in [0.25, 0.3) is 0 Å². The molecule has 1 amide bonds. The van der Waals surface area contributed by atoms with Gasteiger partial charge < -0.3 is 20.1 Å². The minimum absolute atomic E-state index is 0.0721. The number of anilines is 1. The molecule has 0 aliphatic carbocycles. The molecule has 2 N–H and O–H groups in total. The van der Waals surface area contributed by atoms with Gasteiger partial charge in [-0.3, -0.25) is 4.79 Å². The number of benzene rings is 2. The van der Waals surface area contributed by atoms with E-state index in [4.69, 9.17) is 4.74 Å². The third kappa shape index (κ3) is 5.36. The number of nitrogens with one attached hydrogen (secondary N) is 1. The summed E-state index contributed by atoms with van der Waals surface area (Å²) < 4.78 is 46.4. The molecule has 8 heteroatoms. The van der Waals surface area contributed by atoms with Crippen molar-refractivity contribution in [2.24, 2.45) is 0 Å². The van der Waals surface area contributed by atoms with E-state index in [2.05, 4.69) is 5.32 Å². The zero-order chi connectivity index (χ0) is 20.8. The first-order valence-corrected chi connectivity index (χ1v) is 9.14. The summed E-state index contributed by atoms with van der Waals surface area (Å²) in [5, 5.41) is 12.3. The predicted octanol–water partition coefficient (Wildman–Crippen LogP) is 2.80. The summed E-state index contributed by atoms with van der Waals surface area (Å²) in [6, 6.07) is 6.48. The second-order valence-electron chi connectivity index (χ2n) is 6.55. The topological polar surface area (TPSA) is 61.8 Å². The van der Waals surface area contributed by atoms with Gasteiger partial charge in [0.15, 0.2) is 0 Å². The molecule has 0 saturated carbocycles. The fourth-order valence-corrected chi connectivity index (χ4v) is 3.06. The summed E-state index contributed by atoms with van der Waals surface area (Å²) in [6.07, 6.45) is 2.19. The van der Waals surface area contributed by atoms with Crippen LogP contribution in [0.5, 0.6) is 0 Å². The first kappa shape index (κ1) is 20.9. The lowest BCUT2D eigenvalue weighted by Gasteiger charge is -2.30. The normalized spacial score (nSPS) is 15.5. The van der Waals surface area contributed by atoms with Crippen LogP contribution in [-0.2, 0) is 9.53 Å². The monoisotopic (exact) mass is 406 g/mol. The van der Waals surface area contributed by atoms with Gasteiger partial charge in [0.1, 0.15) is 17.5 Å². The SMILES string of the molecule is O=C(/C=C/c1cc(F)ccc1F)N[C@@H](CO)c1ccc(F)c(N2CCOCC2)c1. The molecule has 1 heterocycles. The second kappa shape index (κ2) is 9.58. The molecule has 0 unspecified atom stereocenters. The Labute approximate surface area is 166 Å². The van der Waals surface area contributed by atoms with Crippen LogP contribution in [0, 0.1) is 17.5 Å². The highest BCUT2D eigenvalue weighted by Crippen LogP contribution is 2.25. The maximum atomic E-state index is 14.3. The highest BCUT2D eigenvalue weighted by molar-refractivity contribution is 5.92. The fourth-order valence-electron chi connectivity index (χ4n) is 3.06. The highest BCUT2D eigenvalue weighted by atomic mass is 19.1. The summed E-state index contributed by atoms with van der Waals surface area (Å²) in [6.45, 7) is 1.65. The lowest BCUT2D eigenvalue weighted by atomic mass is 10.1. The number of carbonyl (C=O) groups is 1. The Bertz CT molecular complexity index is 899. The summed E-state index contributed by atoms with van der Waals surface area (Å²) >= 11 is 0. The van der Waals surface area contributed by atoms with Crippen LogP contribution in [0.15, 0.2) is 42.5 Å². The Hall–Kier alpha value is -2.84. The van der Waals surface area contributed by atoms with Crippen molar-refractivity contribution < 1.29 is 27.8 Å². The Kier molecular flexibility index (Phi) is 6.90. The number of rotatable bonds is 6. The summed E-state index contributed by atoms with van der Waals surface area (Å²) in [4.78, 5) is 14.0. The van der Waals surface area contributed by atoms with Crippen molar-refractivity contribution in [3.63, 3.8) is 0 Å². The van der Waals surface area contributed by atoms with Crippen LogP contribution in [-0.4, -0.2) is 43.9 Å². The molecule has 5 nitrogen and oxygen atoms in total. The quantitative estimate of drug-likeness (QED) is 0.725. The van der Waals surface area contributed by atoms with Crippen molar-refractivity contribution in [2.45, 2.75) is 6.04 Å². The van der Waals surface area contributed by atoms with Crippen LogP contribution in [0.1, 0.15) is 17.2 Å². The van der Waals surface area contributed by atoms with E-state index >= 15 is 0 Å². The largest absolute Gasteiger partial charge is 0.394 e. The van der Waals surface area contributed by atoms with Crippen molar-refractivity contribution in [1.29, 1.82) is 0 Å². The number of nitrogens with zero attached hydrogens (tertiary/aromatic N) is 1. The number of halogens is 3. The summed E-state index contributed by atoms with van der Waals surface area (Å²) in [5.41, 5.74) is 0.821. The van der Waals surface area contributed by atoms with Gasteiger partial charge in [0.05, 0.1) is 31.5 Å². The number of hydrogen-bond donors (Lipinski definition) is 2. The number of hydrogen-bond acceptors (Lipinski definition) is 4. The molecule has 0 bridgehead atoms. The molecule has 0 aromatic heterocycles. The van der Waals surface area contributed by atoms with Crippen LogP contribution >= 0.6 is 0 Å². The third-order valence-corrected chi connectivity index (χ3v) is 4.60. The number of morpholine rings is 1. The van der Waals surface area contributed by atoms with Gasteiger partial charge >= 0.3 is 0 Å². The van der Waals surface area contributed by atoms with Gasteiger partial charge in [-0.1, -0.05) is 6.07 Å². The maximum absolute atomic E-state index is 14.3. The summed E-state index contributed by atoms with van der Waals surface area (Å²) in [5.74, 6) is -2.30. The Morgan fingerprint density at radius 1 is 1.14 bits per heavy atom. The van der Waals surface area contributed by atoms with E-state index in [9.17, 15) is 23.1 Å². The Balaban J connectivity index is 1.73. The van der Waals surface area contributed by atoms with Gasteiger partial charge in [-0.15, -0.1) is 0 Å². The van der Waals surface area contributed by atoms with Crippen LogP contribution in [0.3, 0.4) is 0 Å². The van der Waals surface area contributed by atoms with Crippen molar-refractivity contribution >= 4 is 17.7 Å². The predicted molar refractivity (Wildman–Crippen MR) is 103 cm³/mol. The number of carbonyl (C=O) groups excluding carboxylic acids is 1. The van der Waals surface area contributed by atoms with Gasteiger partial charge in [0, 0.05) is 24.7 Å². The fraction of sp³-hybridized carbons (Fsp3) is 0.286. The first-order chi connectivity index (χ1) is 14.0. The number of aliphatic hydroxyl groups is 1. The van der Waals surface area contributed by atoms with Gasteiger partial charge in [-0.2, -0.15) is 0 Å². The molecular formula is C21H21F3N2O3. The molecule has 0 radical (unpaired) electrons. The van der Waals surface area contributed by atoms with E-state index in [0.29, 0.717) is 37.6 Å². The zero-order valence-electron chi connectivity index (χ0n) is 15.6. The molecule has 3 rings (SSSR count). The van der Waals surface area contributed by atoms with E-state index in [1.807, 2.05) is 4.90 Å². The highest BCUT2D eigenvalue weighted by Gasteiger charge is 2.19. The summed E-state index contributed by atoms with van der Waals surface area (Å²) in [7, 11) is 0. The van der Waals surface area contributed by atoms with Crippen molar-refractivity contribution in [2.75, 3.05) is 37.8 Å². The lowest BCUT2D eigenvalue weighted by Crippen LogP contribution is -2.37. The van der Waals surface area contributed by atoms with E-state index in [1.54, 1.807) is 6.07 Å². The van der Waals surface area contributed by atoms with Crippen molar-refractivity contribution in [1.82, 2.24) is 5.32 Å². The number of amides is 1. The lowest BCUT2D eigenvalue weighted by molar-refractivity contribution is -0.117. The van der Waals surface area contributed by atoms with Crippen LogP contribution < -0.4 is 10.2 Å². The van der Waals surface area contributed by atoms with Gasteiger partial charge in [0.2, 0.25) is 5.91 Å². The third-order valence-electron chi connectivity index (χ3n) is 4.60. The molecule has 1 aliphatic heterocycles. The van der Waals surface area contributed by atoms with E-state index in [1.165, 1.54) is 12.1 Å². The van der Waals surface area contributed by atoms with Crippen LogP contribution in [0.2, 0.25) is 0 Å². The number of ether oxygens (including phenoxy) is 1. The molecule has 154 valence electrons. The van der Waals surface area contributed by atoms with Crippen molar-refractivity contribution in [3.05, 3.63) is 71.1 Å². The average Bonchev–Trinajstić information content (AvgIpc) is 2.73. The molecule has 2 aromatic rings. The molecule has 29 heavy (non-hydrogen) atoms. The maximum Gasteiger partial charge on any atom is 0.244 e. The molecule has 1 saturated heterocycles. The van der Waals surface area contributed by atoms with E-state index in [0.717, 1.165) is 30.4 Å². The minimum Gasteiger partial charge on any atom is -0.394 e. The molecule has 1 atom stereocenters. The second-order valence-corrected chi connectivity index (χ2v) is 6.55.